The topological polar surface area (TPSA) is 96.6 Å². The van der Waals surface area contributed by atoms with E-state index in [0.717, 1.165) is 24.0 Å². The normalized spacial score (nSPS) is 16.1. The van der Waals surface area contributed by atoms with Crippen molar-refractivity contribution in [2.75, 3.05) is 0 Å². The number of carboxylic acid groups (broad SMARTS) is 1. The number of carbonyl (C=O) groups excluding carboxylic acids is 1. The van der Waals surface area contributed by atoms with Crippen molar-refractivity contribution in [2.24, 2.45) is 0 Å². The summed E-state index contributed by atoms with van der Waals surface area (Å²) in [6.45, 7) is 0. The Labute approximate surface area is 137 Å². The van der Waals surface area contributed by atoms with Crippen molar-refractivity contribution in [1.82, 2.24) is 19.9 Å². The zero-order valence-corrected chi connectivity index (χ0v) is 12.6. The summed E-state index contributed by atoms with van der Waals surface area (Å²) in [6.07, 6.45) is 6.38. The van der Waals surface area contributed by atoms with E-state index in [1.165, 1.54) is 6.20 Å². The maximum Gasteiger partial charge on any atom is 0.335 e. The van der Waals surface area contributed by atoms with E-state index in [1.54, 1.807) is 35.1 Å². The molecule has 7 heteroatoms. The van der Waals surface area contributed by atoms with Crippen LogP contribution in [-0.2, 0) is 6.42 Å². The molecule has 0 spiro atoms. The summed E-state index contributed by atoms with van der Waals surface area (Å²) in [4.78, 5) is 27.9. The number of aryl methyl sites for hydroxylation is 1. The highest BCUT2D eigenvalue weighted by molar-refractivity contribution is 5.99. The number of nitrogens with one attached hydrogen (secondary N) is 1. The largest absolute Gasteiger partial charge is 0.478 e. The van der Waals surface area contributed by atoms with Crippen LogP contribution in [0.2, 0.25) is 0 Å². The fraction of sp³-hybridized carbons (Fsp3) is 0.176. The Morgan fingerprint density at radius 1 is 1.33 bits per heavy atom. The first kappa shape index (κ1) is 14.4. The quantitative estimate of drug-likeness (QED) is 0.767. The third kappa shape index (κ3) is 2.30. The molecule has 1 amide bonds. The molecule has 0 fully saturated rings. The Balaban J connectivity index is 1.62. The van der Waals surface area contributed by atoms with E-state index in [4.69, 9.17) is 5.11 Å². The minimum Gasteiger partial charge on any atom is -0.478 e. The average molecular weight is 322 g/mol. The number of hydrogen-bond acceptors (Lipinski definition) is 4. The first-order chi connectivity index (χ1) is 11.6. The number of hydrogen-bond donors (Lipinski definition) is 2. The summed E-state index contributed by atoms with van der Waals surface area (Å²) in [5.74, 6) is -1.23. The van der Waals surface area contributed by atoms with Crippen molar-refractivity contribution in [2.45, 2.75) is 18.9 Å². The number of aromatic nitrogens is 3. The van der Waals surface area contributed by atoms with E-state index in [1.807, 2.05) is 6.07 Å². The molecule has 24 heavy (non-hydrogen) atoms. The van der Waals surface area contributed by atoms with Crippen molar-refractivity contribution in [1.29, 1.82) is 0 Å². The summed E-state index contributed by atoms with van der Waals surface area (Å²) in [5.41, 5.74) is 3.06. The molecular formula is C17H14N4O3. The lowest BCUT2D eigenvalue weighted by molar-refractivity contribution is 0.0696. The van der Waals surface area contributed by atoms with Crippen LogP contribution in [0, 0.1) is 0 Å². The molecule has 2 heterocycles. The smallest absolute Gasteiger partial charge is 0.335 e. The average Bonchev–Trinajstić information content (AvgIpc) is 3.18. The second-order valence-corrected chi connectivity index (χ2v) is 5.73. The van der Waals surface area contributed by atoms with E-state index in [9.17, 15) is 9.59 Å². The molecule has 3 aromatic rings. The number of amides is 1. The van der Waals surface area contributed by atoms with Crippen LogP contribution in [-0.4, -0.2) is 31.6 Å². The molecule has 1 atom stereocenters. The molecule has 2 aromatic heterocycles. The lowest BCUT2D eigenvalue weighted by Crippen LogP contribution is -2.27. The van der Waals surface area contributed by atoms with Crippen LogP contribution in [0.1, 0.15) is 44.3 Å². The molecule has 1 aliphatic carbocycles. The number of carboxylic acids is 1. The molecule has 0 saturated carbocycles. The van der Waals surface area contributed by atoms with Crippen LogP contribution >= 0.6 is 0 Å². The molecule has 0 unspecified atom stereocenters. The number of aromatic carboxylic acids is 1. The fourth-order valence-electron chi connectivity index (χ4n) is 3.11. The van der Waals surface area contributed by atoms with Gasteiger partial charge in [0.05, 0.1) is 17.8 Å². The van der Waals surface area contributed by atoms with Crippen molar-refractivity contribution >= 4 is 17.5 Å². The molecule has 120 valence electrons. The van der Waals surface area contributed by atoms with Gasteiger partial charge in [-0.2, -0.15) is 5.10 Å². The van der Waals surface area contributed by atoms with Crippen LogP contribution in [0.5, 0.6) is 0 Å². The molecule has 1 aromatic carbocycles. The van der Waals surface area contributed by atoms with Gasteiger partial charge in [0.1, 0.15) is 5.56 Å². The van der Waals surface area contributed by atoms with Crippen LogP contribution < -0.4 is 5.32 Å². The highest BCUT2D eigenvalue weighted by atomic mass is 16.4. The molecule has 0 radical (unpaired) electrons. The van der Waals surface area contributed by atoms with Gasteiger partial charge >= 0.3 is 5.97 Å². The lowest BCUT2D eigenvalue weighted by atomic mass is 10.0. The van der Waals surface area contributed by atoms with Crippen molar-refractivity contribution in [3.8, 4) is 0 Å². The molecule has 0 aliphatic heterocycles. The lowest BCUT2D eigenvalue weighted by Gasteiger charge is -2.14. The Morgan fingerprint density at radius 2 is 2.21 bits per heavy atom. The molecule has 1 aliphatic rings. The molecule has 7 nitrogen and oxygen atoms in total. The highest BCUT2D eigenvalue weighted by Gasteiger charge is 2.26. The number of carbonyl (C=O) groups is 2. The summed E-state index contributed by atoms with van der Waals surface area (Å²) in [7, 11) is 0. The monoisotopic (exact) mass is 322 g/mol. The van der Waals surface area contributed by atoms with Gasteiger partial charge < -0.3 is 10.4 Å². The van der Waals surface area contributed by atoms with Gasteiger partial charge in [-0.25, -0.2) is 14.3 Å². The van der Waals surface area contributed by atoms with Gasteiger partial charge in [0.25, 0.3) is 5.91 Å². The predicted molar refractivity (Wildman–Crippen MR) is 84.9 cm³/mol. The predicted octanol–water partition coefficient (Wildman–Crippen LogP) is 1.84. The first-order valence-corrected chi connectivity index (χ1v) is 7.59. The van der Waals surface area contributed by atoms with Gasteiger partial charge in [0, 0.05) is 12.4 Å². The number of benzene rings is 1. The Hall–Kier alpha value is -3.22. The third-order valence-electron chi connectivity index (χ3n) is 4.30. The van der Waals surface area contributed by atoms with Gasteiger partial charge in [0.15, 0.2) is 5.65 Å². The highest BCUT2D eigenvalue weighted by Crippen LogP contribution is 2.32. The minimum absolute atomic E-state index is 0.203. The SMILES string of the molecule is O=C(O)c1ccc2c(c1)[C@H](NC(=O)c1cnn3cccnc13)CC2. The number of nitrogens with zero attached hydrogens (tertiary/aromatic N) is 3. The molecule has 2 N–H and O–H groups in total. The van der Waals surface area contributed by atoms with Crippen molar-refractivity contribution in [3.05, 3.63) is 65.1 Å². The van der Waals surface area contributed by atoms with E-state index >= 15 is 0 Å². The maximum atomic E-state index is 12.6. The van der Waals surface area contributed by atoms with Gasteiger partial charge in [0.2, 0.25) is 0 Å². The number of rotatable bonds is 3. The van der Waals surface area contributed by atoms with E-state index in [0.29, 0.717) is 11.2 Å². The zero-order chi connectivity index (χ0) is 16.7. The zero-order valence-electron chi connectivity index (χ0n) is 12.6. The summed E-state index contributed by atoms with van der Waals surface area (Å²) >= 11 is 0. The van der Waals surface area contributed by atoms with Gasteiger partial charge in [-0.3, -0.25) is 4.79 Å². The van der Waals surface area contributed by atoms with Crippen LogP contribution in [0.4, 0.5) is 0 Å². The fourth-order valence-corrected chi connectivity index (χ4v) is 3.11. The molecule has 0 saturated heterocycles. The third-order valence-corrected chi connectivity index (χ3v) is 4.30. The van der Waals surface area contributed by atoms with E-state index < -0.39 is 5.97 Å². The summed E-state index contributed by atoms with van der Waals surface area (Å²) < 4.78 is 1.54. The maximum absolute atomic E-state index is 12.6. The van der Waals surface area contributed by atoms with Crippen molar-refractivity contribution < 1.29 is 14.7 Å². The summed E-state index contributed by atoms with van der Waals surface area (Å²) in [5, 5.41) is 16.2. The standard InChI is InChI=1S/C17H14N4O3/c22-16(13-9-19-21-7-1-6-18-15(13)21)20-14-5-4-10-2-3-11(17(23)24)8-12(10)14/h1-3,6-9,14H,4-5H2,(H,20,22)(H,23,24)/t14-/m1/s1. The van der Waals surface area contributed by atoms with E-state index in [2.05, 4.69) is 15.4 Å². The van der Waals surface area contributed by atoms with Crippen LogP contribution in [0.3, 0.4) is 0 Å². The van der Waals surface area contributed by atoms with Gasteiger partial charge in [-0.15, -0.1) is 0 Å². The molecule has 4 rings (SSSR count). The second-order valence-electron chi connectivity index (χ2n) is 5.73. The van der Waals surface area contributed by atoms with Gasteiger partial charge in [-0.1, -0.05) is 6.07 Å². The van der Waals surface area contributed by atoms with E-state index in [-0.39, 0.29) is 17.5 Å². The Bertz CT molecular complexity index is 963. The molecule has 0 bridgehead atoms. The van der Waals surface area contributed by atoms with Crippen LogP contribution in [0.25, 0.3) is 5.65 Å². The Morgan fingerprint density at radius 3 is 3.04 bits per heavy atom. The Kier molecular flexibility index (Phi) is 3.26. The van der Waals surface area contributed by atoms with Gasteiger partial charge in [-0.05, 0) is 42.2 Å². The second kappa shape index (κ2) is 5.45. The first-order valence-electron chi connectivity index (χ1n) is 7.59. The van der Waals surface area contributed by atoms with Crippen molar-refractivity contribution in [3.63, 3.8) is 0 Å². The minimum atomic E-state index is -0.971. The summed E-state index contributed by atoms with van der Waals surface area (Å²) in [6, 6.07) is 6.60. The molecular weight excluding hydrogens is 308 g/mol. The number of fused-ring (bicyclic) bond motifs is 2. The van der Waals surface area contributed by atoms with Crippen LogP contribution in [0.15, 0.2) is 42.9 Å².